The van der Waals surface area contributed by atoms with Crippen LogP contribution in [0.4, 0.5) is 0 Å². The number of nitrogens with two attached hydrogens (primary N) is 1. The van der Waals surface area contributed by atoms with Gasteiger partial charge in [-0.15, -0.1) is 0 Å². The van der Waals surface area contributed by atoms with Crippen molar-refractivity contribution in [1.82, 2.24) is 5.32 Å². The first-order chi connectivity index (χ1) is 15.6. The molecule has 12 heteroatoms. The molecule has 7 unspecified atom stereocenters. The van der Waals surface area contributed by atoms with Crippen molar-refractivity contribution in [3.05, 3.63) is 12.2 Å². The number of aliphatic hydroxyl groups is 2. The zero-order valence-electron chi connectivity index (χ0n) is 18.5. The van der Waals surface area contributed by atoms with Crippen LogP contribution >= 0.6 is 7.82 Å². The van der Waals surface area contributed by atoms with Crippen LogP contribution in [0.2, 0.25) is 0 Å². The van der Waals surface area contributed by atoms with Crippen molar-refractivity contribution < 1.29 is 38.6 Å². The van der Waals surface area contributed by atoms with Gasteiger partial charge in [0.2, 0.25) is 5.91 Å². The Morgan fingerprint density at radius 3 is 2.45 bits per heavy atom. The van der Waals surface area contributed by atoms with Gasteiger partial charge in [-0.1, -0.05) is 44.6 Å². The fourth-order valence-corrected chi connectivity index (χ4v) is 6.31. The first kappa shape index (κ1) is 24.8. The highest BCUT2D eigenvalue weighted by molar-refractivity contribution is 7.46. The number of amidine groups is 1. The molecule has 186 valence electrons. The molecule has 1 amide bonds. The van der Waals surface area contributed by atoms with Crippen LogP contribution in [0.5, 0.6) is 0 Å². The molecule has 7 N–H and O–H groups in total. The Morgan fingerprint density at radius 1 is 1.09 bits per heavy atom. The predicted molar refractivity (Wildman–Crippen MR) is 118 cm³/mol. The number of hydrogen-bond acceptors (Lipinski definition) is 8. The van der Waals surface area contributed by atoms with E-state index in [1.165, 1.54) is 0 Å². The van der Waals surface area contributed by atoms with E-state index in [9.17, 15) is 29.4 Å². The maximum absolute atomic E-state index is 13.7. The number of rotatable bonds is 3. The molecule has 3 saturated heterocycles. The summed E-state index contributed by atoms with van der Waals surface area (Å²) in [4.78, 5) is 36.8. The Bertz CT molecular complexity index is 862. The van der Waals surface area contributed by atoms with E-state index in [1.807, 2.05) is 6.08 Å². The Kier molecular flexibility index (Phi) is 7.04. The van der Waals surface area contributed by atoms with Crippen LogP contribution in [-0.4, -0.2) is 67.4 Å². The number of aliphatic imine (C=N–C) groups is 1. The average Bonchev–Trinajstić information content (AvgIpc) is 2.95. The molecule has 1 spiro atoms. The Balaban J connectivity index is 1.77. The molecular formula is C21H34N3O8P. The second-order valence-corrected chi connectivity index (χ2v) is 10.9. The number of phosphoric ester groups is 1. The Labute approximate surface area is 192 Å². The summed E-state index contributed by atoms with van der Waals surface area (Å²) in [7, 11) is -4.99. The minimum Gasteiger partial charge on any atom is -0.387 e. The maximum atomic E-state index is 13.7. The number of carbonyl (C=O) groups is 1. The molecule has 7 atom stereocenters. The molecule has 3 bridgehead atoms. The van der Waals surface area contributed by atoms with Crippen LogP contribution in [0.25, 0.3) is 0 Å². The number of hydrogen-bond donors (Lipinski definition) is 6. The lowest BCUT2D eigenvalue weighted by atomic mass is 9.71. The third kappa shape index (κ3) is 4.91. The molecule has 4 aliphatic heterocycles. The second kappa shape index (κ2) is 9.37. The molecule has 4 rings (SSSR count). The van der Waals surface area contributed by atoms with Gasteiger partial charge in [0, 0.05) is 5.92 Å². The molecule has 4 heterocycles. The number of nitrogens with one attached hydrogen (secondary N) is 1. The van der Waals surface area contributed by atoms with E-state index >= 15 is 0 Å². The second-order valence-electron chi connectivity index (χ2n) is 9.69. The first-order valence-corrected chi connectivity index (χ1v) is 13.2. The van der Waals surface area contributed by atoms with Gasteiger partial charge in [0.05, 0.1) is 5.54 Å². The van der Waals surface area contributed by atoms with Gasteiger partial charge in [-0.3, -0.25) is 14.3 Å². The summed E-state index contributed by atoms with van der Waals surface area (Å²) in [6, 6.07) is 0. The highest BCUT2D eigenvalue weighted by atomic mass is 31.2. The van der Waals surface area contributed by atoms with Gasteiger partial charge in [0.25, 0.3) is 0 Å². The van der Waals surface area contributed by atoms with E-state index in [0.29, 0.717) is 25.7 Å². The molecule has 0 aromatic rings. The zero-order chi connectivity index (χ0) is 23.9. The van der Waals surface area contributed by atoms with Crippen LogP contribution in [0, 0.1) is 5.92 Å². The lowest BCUT2D eigenvalue weighted by Gasteiger charge is -2.44. The molecule has 0 saturated carbocycles. The van der Waals surface area contributed by atoms with Crippen LogP contribution in [-0.2, 0) is 18.6 Å². The van der Waals surface area contributed by atoms with Gasteiger partial charge in [0.1, 0.15) is 29.7 Å². The van der Waals surface area contributed by atoms with Crippen molar-refractivity contribution in [2.45, 2.75) is 99.9 Å². The number of aliphatic hydroxyl groups excluding tert-OH is 2. The number of ether oxygens (including phenoxy) is 1. The average molecular weight is 487 g/mol. The summed E-state index contributed by atoms with van der Waals surface area (Å²) in [6.45, 7) is 0. The van der Waals surface area contributed by atoms with E-state index in [2.05, 4.69) is 14.8 Å². The molecule has 33 heavy (non-hydrogen) atoms. The summed E-state index contributed by atoms with van der Waals surface area (Å²) in [5.74, 6) is -0.350. The number of phosphoric acid groups is 1. The fourth-order valence-electron chi connectivity index (χ4n) is 5.86. The van der Waals surface area contributed by atoms with Crippen molar-refractivity contribution in [3.63, 3.8) is 0 Å². The maximum Gasteiger partial charge on any atom is 0.472 e. The molecule has 0 aliphatic carbocycles. The van der Waals surface area contributed by atoms with E-state index in [-0.39, 0.29) is 17.7 Å². The lowest BCUT2D eigenvalue weighted by Crippen LogP contribution is -2.65. The molecule has 0 radical (unpaired) electrons. The standard InChI is InChI=1S/C21H34N3O8P/c22-14-8-7-13-9-12-20(23-14)10-5-3-1-2-4-6-11-21(13,24-19(20)27)17-15(25)16(26)18(31-17)32-33(28,29)30/h7-8,13,15-18,25-26H,1-6,9-12H2,(H2,22,23)(H,24,27)(H2,28,29,30). The highest BCUT2D eigenvalue weighted by Crippen LogP contribution is 2.48. The molecule has 0 aromatic carbocycles. The van der Waals surface area contributed by atoms with E-state index in [1.54, 1.807) is 6.08 Å². The third-order valence-electron chi connectivity index (χ3n) is 7.54. The SMILES string of the molecule is NC1=NC23CCCCCCCCC(C4OC(OP(=O)(O)O)C(O)C4O)(NC2=O)C(C=C1)CC3. The number of fused-ring (bicyclic) bond motifs is 5. The Morgan fingerprint density at radius 2 is 1.76 bits per heavy atom. The van der Waals surface area contributed by atoms with Crippen molar-refractivity contribution in [3.8, 4) is 0 Å². The lowest BCUT2D eigenvalue weighted by molar-refractivity contribution is -0.148. The quantitative estimate of drug-likeness (QED) is 0.310. The van der Waals surface area contributed by atoms with Gasteiger partial charge in [-0.25, -0.2) is 4.57 Å². The van der Waals surface area contributed by atoms with Crippen molar-refractivity contribution >= 4 is 19.6 Å². The number of nitrogens with zero attached hydrogens (tertiary/aromatic N) is 1. The summed E-state index contributed by atoms with van der Waals surface area (Å²) >= 11 is 0. The minimum absolute atomic E-state index is 0.260. The first-order valence-electron chi connectivity index (χ1n) is 11.7. The van der Waals surface area contributed by atoms with E-state index in [0.717, 1.165) is 38.5 Å². The highest BCUT2D eigenvalue weighted by Gasteiger charge is 2.60. The monoisotopic (exact) mass is 487 g/mol. The fraction of sp³-hybridized carbons (Fsp3) is 0.810. The summed E-state index contributed by atoms with van der Waals surface area (Å²) in [5.41, 5.74) is 3.97. The predicted octanol–water partition coefficient (Wildman–Crippen LogP) is 0.608. The van der Waals surface area contributed by atoms with Crippen LogP contribution in [0.1, 0.15) is 64.2 Å². The van der Waals surface area contributed by atoms with Gasteiger partial charge in [-0.05, 0) is 31.8 Å². The van der Waals surface area contributed by atoms with Crippen LogP contribution in [0.3, 0.4) is 0 Å². The van der Waals surface area contributed by atoms with Crippen LogP contribution in [0.15, 0.2) is 17.1 Å². The normalized spacial score (nSPS) is 42.5. The molecule has 11 nitrogen and oxygen atoms in total. The third-order valence-corrected chi connectivity index (χ3v) is 8.02. The molecule has 4 aliphatic rings. The molecule has 3 fully saturated rings. The number of carbonyl (C=O) groups excluding carboxylic acids is 1. The van der Waals surface area contributed by atoms with Gasteiger partial charge in [0.15, 0.2) is 6.29 Å². The summed E-state index contributed by atoms with van der Waals surface area (Å²) < 4.78 is 21.8. The van der Waals surface area contributed by atoms with Crippen molar-refractivity contribution in [2.24, 2.45) is 16.6 Å². The topological polar surface area (TPSA) is 184 Å². The summed E-state index contributed by atoms with van der Waals surface area (Å²) in [6.07, 6.45) is 5.04. The van der Waals surface area contributed by atoms with E-state index in [4.69, 9.17) is 10.5 Å². The zero-order valence-corrected chi connectivity index (χ0v) is 19.4. The van der Waals surface area contributed by atoms with Gasteiger partial charge >= 0.3 is 7.82 Å². The van der Waals surface area contributed by atoms with Gasteiger partial charge in [-0.2, -0.15) is 0 Å². The van der Waals surface area contributed by atoms with Crippen LogP contribution < -0.4 is 11.1 Å². The van der Waals surface area contributed by atoms with Gasteiger partial charge < -0.3 is 35.8 Å². The largest absolute Gasteiger partial charge is 0.472 e. The minimum atomic E-state index is -4.99. The van der Waals surface area contributed by atoms with Crippen molar-refractivity contribution in [1.29, 1.82) is 0 Å². The summed E-state index contributed by atoms with van der Waals surface area (Å²) in [5, 5.41) is 24.6. The van der Waals surface area contributed by atoms with E-state index < -0.39 is 43.5 Å². The Hall–Kier alpha value is -1.33. The smallest absolute Gasteiger partial charge is 0.387 e. The molecule has 0 aromatic heterocycles. The molecular weight excluding hydrogens is 453 g/mol. The number of amides is 1. The van der Waals surface area contributed by atoms with Crippen molar-refractivity contribution in [2.75, 3.05) is 0 Å².